The van der Waals surface area contributed by atoms with Gasteiger partial charge in [-0.2, -0.15) is 0 Å². The minimum atomic E-state index is -0.662. The topological polar surface area (TPSA) is 37.3 Å². The highest BCUT2D eigenvalue weighted by Gasteiger charge is 2.43. The van der Waals surface area contributed by atoms with Gasteiger partial charge < -0.3 is 5.11 Å². The Bertz CT molecular complexity index is 656. The predicted molar refractivity (Wildman–Crippen MR) is 121 cm³/mol. The normalized spacial score (nSPS) is 30.5. The van der Waals surface area contributed by atoms with Crippen LogP contribution < -0.4 is 0 Å². The summed E-state index contributed by atoms with van der Waals surface area (Å²) >= 11 is 0. The molecule has 0 aliphatic heterocycles. The molecule has 1 aromatic rings. The standard InChI is InChI=1S/C27H40O2/c1-3-5-6-8-22-9-11-23(12-10-22)24-13-15-25(16-14-24)27(26(28)29)19-17-21(7-4-2)18-20-27/h6,8,13-16,21-23H,3-5,7,9-12,17-20H2,1-2H3,(H,28,29). The Morgan fingerprint density at radius 1 is 1.00 bits per heavy atom. The van der Waals surface area contributed by atoms with Crippen molar-refractivity contribution in [3.63, 3.8) is 0 Å². The average molecular weight is 397 g/mol. The number of carboxylic acid groups (broad SMARTS) is 1. The van der Waals surface area contributed by atoms with E-state index >= 15 is 0 Å². The zero-order valence-electron chi connectivity index (χ0n) is 18.5. The van der Waals surface area contributed by atoms with Gasteiger partial charge in [0, 0.05) is 0 Å². The largest absolute Gasteiger partial charge is 0.481 e. The van der Waals surface area contributed by atoms with Crippen molar-refractivity contribution in [2.75, 3.05) is 0 Å². The summed E-state index contributed by atoms with van der Waals surface area (Å²) in [5.41, 5.74) is 1.77. The van der Waals surface area contributed by atoms with E-state index in [0.717, 1.165) is 37.2 Å². The van der Waals surface area contributed by atoms with Crippen molar-refractivity contribution in [3.05, 3.63) is 47.5 Å². The molecule has 0 radical (unpaired) electrons. The van der Waals surface area contributed by atoms with Crippen molar-refractivity contribution in [1.29, 1.82) is 0 Å². The van der Waals surface area contributed by atoms with Crippen LogP contribution in [0.2, 0.25) is 0 Å². The maximum absolute atomic E-state index is 12.3. The van der Waals surface area contributed by atoms with Crippen molar-refractivity contribution >= 4 is 5.97 Å². The van der Waals surface area contributed by atoms with E-state index in [-0.39, 0.29) is 0 Å². The van der Waals surface area contributed by atoms with Gasteiger partial charge in [0.2, 0.25) is 0 Å². The summed E-state index contributed by atoms with van der Waals surface area (Å²) in [5, 5.41) is 10.1. The van der Waals surface area contributed by atoms with Gasteiger partial charge in [0.25, 0.3) is 0 Å². The number of unbranched alkanes of at least 4 members (excludes halogenated alkanes) is 1. The second-order valence-corrected chi connectivity index (χ2v) is 9.57. The maximum atomic E-state index is 12.3. The molecule has 2 fully saturated rings. The van der Waals surface area contributed by atoms with Gasteiger partial charge in [-0.3, -0.25) is 4.79 Å². The van der Waals surface area contributed by atoms with E-state index in [4.69, 9.17) is 0 Å². The molecule has 1 aromatic carbocycles. The lowest BCUT2D eigenvalue weighted by Crippen LogP contribution is -2.39. The summed E-state index contributed by atoms with van der Waals surface area (Å²) in [4.78, 5) is 12.3. The van der Waals surface area contributed by atoms with Crippen LogP contribution in [0.4, 0.5) is 0 Å². The van der Waals surface area contributed by atoms with Gasteiger partial charge in [0.05, 0.1) is 5.41 Å². The van der Waals surface area contributed by atoms with E-state index in [9.17, 15) is 9.90 Å². The van der Waals surface area contributed by atoms with Gasteiger partial charge in [0.1, 0.15) is 0 Å². The van der Waals surface area contributed by atoms with Gasteiger partial charge >= 0.3 is 5.97 Å². The fourth-order valence-electron chi connectivity index (χ4n) is 5.67. The summed E-state index contributed by atoms with van der Waals surface area (Å²) in [6.07, 6.45) is 18.4. The molecule has 2 heteroatoms. The Balaban J connectivity index is 1.63. The molecule has 0 spiro atoms. The third-order valence-electron chi connectivity index (χ3n) is 7.64. The van der Waals surface area contributed by atoms with E-state index in [1.807, 2.05) is 0 Å². The molecular formula is C27H40O2. The zero-order valence-corrected chi connectivity index (χ0v) is 18.5. The molecule has 29 heavy (non-hydrogen) atoms. The third kappa shape index (κ3) is 5.32. The molecule has 2 aliphatic rings. The number of carbonyl (C=O) groups is 1. The van der Waals surface area contributed by atoms with Crippen LogP contribution in [0, 0.1) is 11.8 Å². The number of benzene rings is 1. The molecule has 1 N–H and O–H groups in total. The van der Waals surface area contributed by atoms with Gasteiger partial charge in [-0.25, -0.2) is 0 Å². The molecule has 0 unspecified atom stereocenters. The average Bonchev–Trinajstić information content (AvgIpc) is 2.75. The van der Waals surface area contributed by atoms with Crippen LogP contribution in [0.5, 0.6) is 0 Å². The summed E-state index contributed by atoms with van der Waals surface area (Å²) in [6.45, 7) is 4.46. The first-order valence-corrected chi connectivity index (χ1v) is 12.1. The summed E-state index contributed by atoms with van der Waals surface area (Å²) in [5.74, 6) is 1.49. The summed E-state index contributed by atoms with van der Waals surface area (Å²) in [7, 11) is 0. The number of carboxylic acids is 1. The van der Waals surface area contributed by atoms with Crippen LogP contribution in [0.15, 0.2) is 36.4 Å². The zero-order chi connectivity index (χ0) is 20.7. The summed E-state index contributed by atoms with van der Waals surface area (Å²) < 4.78 is 0. The monoisotopic (exact) mass is 396 g/mol. The van der Waals surface area contributed by atoms with Gasteiger partial charge in [0.15, 0.2) is 0 Å². The van der Waals surface area contributed by atoms with E-state index in [1.165, 1.54) is 56.9 Å². The lowest BCUT2D eigenvalue weighted by molar-refractivity contribution is -0.145. The van der Waals surface area contributed by atoms with Crippen molar-refractivity contribution in [2.45, 2.75) is 102 Å². The first-order valence-electron chi connectivity index (χ1n) is 12.1. The minimum Gasteiger partial charge on any atom is -0.481 e. The number of rotatable bonds is 8. The van der Waals surface area contributed by atoms with Crippen molar-refractivity contribution in [3.8, 4) is 0 Å². The van der Waals surface area contributed by atoms with E-state index in [2.05, 4.69) is 50.3 Å². The van der Waals surface area contributed by atoms with Gasteiger partial charge in [-0.15, -0.1) is 0 Å². The molecule has 3 rings (SSSR count). The van der Waals surface area contributed by atoms with Gasteiger partial charge in [-0.1, -0.05) is 69.5 Å². The first-order chi connectivity index (χ1) is 14.1. The van der Waals surface area contributed by atoms with Crippen LogP contribution in [0.1, 0.15) is 108 Å². The molecule has 0 heterocycles. The number of hydrogen-bond acceptors (Lipinski definition) is 1. The molecular weight excluding hydrogens is 356 g/mol. The number of aliphatic carboxylic acids is 1. The van der Waals surface area contributed by atoms with Crippen LogP contribution in [-0.2, 0) is 10.2 Å². The van der Waals surface area contributed by atoms with Crippen LogP contribution in [0.25, 0.3) is 0 Å². The molecule has 0 amide bonds. The fraction of sp³-hybridized carbons (Fsp3) is 0.667. The molecule has 2 saturated carbocycles. The molecule has 0 atom stereocenters. The van der Waals surface area contributed by atoms with E-state index in [1.54, 1.807) is 0 Å². The van der Waals surface area contributed by atoms with E-state index in [0.29, 0.717) is 11.8 Å². The van der Waals surface area contributed by atoms with E-state index < -0.39 is 11.4 Å². The number of allylic oxidation sites excluding steroid dienone is 2. The van der Waals surface area contributed by atoms with Crippen LogP contribution in [-0.4, -0.2) is 11.1 Å². The Kier molecular flexibility index (Phi) is 7.98. The highest BCUT2D eigenvalue weighted by Crippen LogP contribution is 2.44. The molecule has 160 valence electrons. The Morgan fingerprint density at radius 2 is 1.66 bits per heavy atom. The second kappa shape index (κ2) is 10.5. The quantitative estimate of drug-likeness (QED) is 0.459. The maximum Gasteiger partial charge on any atom is 0.314 e. The smallest absolute Gasteiger partial charge is 0.314 e. The Morgan fingerprint density at radius 3 is 2.21 bits per heavy atom. The summed E-state index contributed by atoms with van der Waals surface area (Å²) in [6, 6.07) is 8.74. The lowest BCUT2D eigenvalue weighted by Gasteiger charge is -2.37. The predicted octanol–water partition coefficient (Wildman–Crippen LogP) is 7.63. The molecule has 0 aromatic heterocycles. The SMILES string of the molecule is CCCC=CC1CCC(c2ccc(C3(C(=O)O)CCC(CCC)CC3)cc2)CC1. The molecule has 0 bridgehead atoms. The molecule has 0 saturated heterocycles. The van der Waals surface area contributed by atoms with Crippen molar-refractivity contribution in [2.24, 2.45) is 11.8 Å². The Labute approximate surface area is 177 Å². The highest BCUT2D eigenvalue weighted by molar-refractivity contribution is 5.81. The highest BCUT2D eigenvalue weighted by atomic mass is 16.4. The van der Waals surface area contributed by atoms with Crippen LogP contribution >= 0.6 is 0 Å². The molecule has 2 aliphatic carbocycles. The fourth-order valence-corrected chi connectivity index (χ4v) is 5.67. The Hall–Kier alpha value is -1.57. The molecule has 2 nitrogen and oxygen atoms in total. The van der Waals surface area contributed by atoms with Crippen molar-refractivity contribution < 1.29 is 9.90 Å². The second-order valence-electron chi connectivity index (χ2n) is 9.57. The van der Waals surface area contributed by atoms with Crippen LogP contribution in [0.3, 0.4) is 0 Å². The third-order valence-corrected chi connectivity index (χ3v) is 7.64. The first kappa shape index (κ1) is 22.1. The lowest BCUT2D eigenvalue weighted by atomic mass is 9.65. The van der Waals surface area contributed by atoms with Crippen molar-refractivity contribution in [1.82, 2.24) is 0 Å². The van der Waals surface area contributed by atoms with Gasteiger partial charge in [-0.05, 0) is 86.7 Å². The minimum absolute atomic E-state index is 0.625. The number of hydrogen-bond donors (Lipinski definition) is 1.